The van der Waals surface area contributed by atoms with Gasteiger partial charge in [-0.3, -0.25) is 14.4 Å². The summed E-state index contributed by atoms with van der Waals surface area (Å²) in [6, 6.07) is 0. The van der Waals surface area contributed by atoms with Crippen molar-refractivity contribution in [1.29, 1.82) is 0 Å². The minimum absolute atomic E-state index is 0. The number of carbonyl (C=O) groups excluding carboxylic acids is 3. The Morgan fingerprint density at radius 2 is 0.761 bits per heavy atom. The summed E-state index contributed by atoms with van der Waals surface area (Å²) in [5, 5.41) is 26.6. The van der Waals surface area contributed by atoms with Crippen LogP contribution in [0, 0.1) is 0 Å². The minimum atomic E-state index is -0.556. The van der Waals surface area contributed by atoms with Crippen LogP contribution in [0.3, 0.4) is 0 Å². The van der Waals surface area contributed by atoms with Crippen LogP contribution in [-0.4, -0.2) is 150 Å². The molecule has 0 rings (SSSR count). The molecule has 0 saturated heterocycles. The molecule has 0 fully saturated rings. The first-order valence-electron chi connectivity index (χ1n) is 15.7. The third-order valence-corrected chi connectivity index (χ3v) is 6.17. The van der Waals surface area contributed by atoms with Gasteiger partial charge in [0.05, 0.1) is 110 Å². The molecule has 46 heavy (non-hydrogen) atoms. The average molecular weight is 673 g/mol. The van der Waals surface area contributed by atoms with Crippen molar-refractivity contribution in [3.05, 3.63) is 0 Å². The lowest BCUT2D eigenvalue weighted by Crippen LogP contribution is -2.29. The predicted octanol–water partition coefficient (Wildman–Crippen LogP) is 1.20. The van der Waals surface area contributed by atoms with Gasteiger partial charge in [-0.1, -0.05) is 28.2 Å². The zero-order valence-corrected chi connectivity index (χ0v) is 27.2. The molecule has 0 aliphatic heterocycles. The van der Waals surface area contributed by atoms with Crippen LogP contribution in [0.1, 0.15) is 66.7 Å². The first-order chi connectivity index (χ1) is 21.8. The SMILES string of the molecule is C.CCC(CC(=O)OCCOCC(COCCOC(=O)CC(CC)OCCO)OCCOC(=O)CC(CC)OCCO)OCCO. The molecule has 0 spiro atoms. The van der Waals surface area contributed by atoms with E-state index in [4.69, 9.17) is 58.0 Å². The lowest BCUT2D eigenvalue weighted by atomic mass is 10.2. The van der Waals surface area contributed by atoms with Crippen LogP contribution in [0.2, 0.25) is 0 Å². The molecule has 0 heterocycles. The van der Waals surface area contributed by atoms with Crippen LogP contribution in [0.5, 0.6) is 0 Å². The fourth-order valence-corrected chi connectivity index (χ4v) is 3.73. The number of esters is 3. The Hall–Kier alpha value is -1.95. The van der Waals surface area contributed by atoms with E-state index in [0.29, 0.717) is 19.3 Å². The molecular weight excluding hydrogens is 612 g/mol. The number of aliphatic hydroxyl groups excluding tert-OH is 3. The summed E-state index contributed by atoms with van der Waals surface area (Å²) in [6.45, 7) is 6.19. The Kier molecular flexibility index (Phi) is 33.1. The first kappa shape index (κ1) is 46.2. The highest BCUT2D eigenvalue weighted by Crippen LogP contribution is 2.07. The Bertz CT molecular complexity index is 684. The Balaban J connectivity index is 0. The second kappa shape index (κ2) is 33.0. The fourth-order valence-electron chi connectivity index (χ4n) is 3.73. The number of hydrogen-bond acceptors (Lipinski definition) is 15. The van der Waals surface area contributed by atoms with Gasteiger partial charge < -0.3 is 58.0 Å². The monoisotopic (exact) mass is 672 g/mol. The summed E-state index contributed by atoms with van der Waals surface area (Å²) in [5.41, 5.74) is 0. The van der Waals surface area contributed by atoms with Crippen molar-refractivity contribution in [3.63, 3.8) is 0 Å². The molecule has 0 aliphatic rings. The van der Waals surface area contributed by atoms with Gasteiger partial charge in [-0.2, -0.15) is 0 Å². The topological polar surface area (TPSA) is 195 Å². The summed E-state index contributed by atoms with van der Waals surface area (Å²) < 4.78 is 48.7. The summed E-state index contributed by atoms with van der Waals surface area (Å²) in [6.07, 6.45) is 0.446. The summed E-state index contributed by atoms with van der Waals surface area (Å²) in [4.78, 5) is 36.2. The highest BCUT2D eigenvalue weighted by atomic mass is 16.6. The van der Waals surface area contributed by atoms with Crippen LogP contribution in [0.4, 0.5) is 0 Å². The van der Waals surface area contributed by atoms with Crippen molar-refractivity contribution < 1.29 is 72.3 Å². The molecule has 0 aliphatic carbocycles. The third-order valence-electron chi connectivity index (χ3n) is 6.17. The number of rotatable bonds is 32. The standard InChI is InChI=1S/C30H56O15.CH4/c1-4-24(39-10-7-31)19-28(34)43-15-13-37-22-27(42-17-18-45-30(36)21-26(6-3)41-12-9-33)23-38-14-16-44-29(35)20-25(5-2)40-11-8-32;/h24-27,31-33H,4-23H2,1-3H3;1H4. The maximum atomic E-state index is 12.1. The fraction of sp³-hybridized carbons (Fsp3) is 0.903. The summed E-state index contributed by atoms with van der Waals surface area (Å²) in [7, 11) is 0. The lowest BCUT2D eigenvalue weighted by molar-refractivity contribution is -0.153. The molecule has 0 aromatic carbocycles. The van der Waals surface area contributed by atoms with Crippen LogP contribution >= 0.6 is 0 Å². The maximum absolute atomic E-state index is 12.1. The minimum Gasteiger partial charge on any atom is -0.463 e. The van der Waals surface area contributed by atoms with Gasteiger partial charge in [-0.05, 0) is 19.3 Å². The molecule has 0 radical (unpaired) electrons. The number of ether oxygens (including phenoxy) is 9. The molecule has 3 unspecified atom stereocenters. The quantitative estimate of drug-likeness (QED) is 0.0524. The molecule has 15 nitrogen and oxygen atoms in total. The molecule has 0 saturated carbocycles. The normalized spacial score (nSPS) is 13.7. The molecule has 15 heteroatoms. The van der Waals surface area contributed by atoms with E-state index in [-0.39, 0.29) is 137 Å². The number of hydrogen-bond donors (Lipinski definition) is 3. The number of aliphatic hydroxyl groups is 3. The smallest absolute Gasteiger partial charge is 0.308 e. The van der Waals surface area contributed by atoms with Crippen LogP contribution in [-0.2, 0) is 57.0 Å². The van der Waals surface area contributed by atoms with E-state index in [1.54, 1.807) is 0 Å². The second-order valence-corrected chi connectivity index (χ2v) is 9.79. The van der Waals surface area contributed by atoms with E-state index >= 15 is 0 Å². The van der Waals surface area contributed by atoms with Crippen molar-refractivity contribution in [2.45, 2.75) is 91.1 Å². The van der Waals surface area contributed by atoms with Gasteiger partial charge in [-0.15, -0.1) is 0 Å². The second-order valence-electron chi connectivity index (χ2n) is 9.79. The Labute approximate surface area is 274 Å². The van der Waals surface area contributed by atoms with Crippen molar-refractivity contribution in [2.75, 3.05) is 92.5 Å². The summed E-state index contributed by atoms with van der Waals surface area (Å²) >= 11 is 0. The predicted molar refractivity (Wildman–Crippen MR) is 166 cm³/mol. The van der Waals surface area contributed by atoms with E-state index in [9.17, 15) is 14.4 Å². The van der Waals surface area contributed by atoms with Crippen molar-refractivity contribution in [1.82, 2.24) is 0 Å². The maximum Gasteiger partial charge on any atom is 0.308 e. The van der Waals surface area contributed by atoms with Gasteiger partial charge in [0.2, 0.25) is 0 Å². The first-order valence-corrected chi connectivity index (χ1v) is 15.7. The molecule has 0 aromatic heterocycles. The van der Waals surface area contributed by atoms with Crippen molar-refractivity contribution in [2.24, 2.45) is 0 Å². The van der Waals surface area contributed by atoms with Gasteiger partial charge in [0.25, 0.3) is 0 Å². The molecule has 0 aromatic rings. The van der Waals surface area contributed by atoms with E-state index in [1.807, 2.05) is 20.8 Å². The average Bonchev–Trinajstić information content (AvgIpc) is 3.04. The molecule has 274 valence electrons. The lowest BCUT2D eigenvalue weighted by Gasteiger charge is -2.19. The van der Waals surface area contributed by atoms with Crippen LogP contribution in [0.25, 0.3) is 0 Å². The van der Waals surface area contributed by atoms with Gasteiger partial charge >= 0.3 is 17.9 Å². The zero-order valence-electron chi connectivity index (χ0n) is 27.2. The molecule has 3 N–H and O–H groups in total. The van der Waals surface area contributed by atoms with E-state index in [1.165, 1.54) is 0 Å². The van der Waals surface area contributed by atoms with Gasteiger partial charge in [0.1, 0.15) is 25.9 Å². The molecule has 3 atom stereocenters. The molecular formula is C31H60O15. The Morgan fingerprint density at radius 3 is 1.07 bits per heavy atom. The van der Waals surface area contributed by atoms with E-state index < -0.39 is 24.0 Å². The third kappa shape index (κ3) is 27.2. The highest BCUT2D eigenvalue weighted by molar-refractivity contribution is 5.70. The van der Waals surface area contributed by atoms with E-state index in [0.717, 1.165) is 0 Å². The number of carbonyl (C=O) groups is 3. The Morgan fingerprint density at radius 1 is 0.457 bits per heavy atom. The van der Waals surface area contributed by atoms with Crippen molar-refractivity contribution >= 4 is 17.9 Å². The highest BCUT2D eigenvalue weighted by Gasteiger charge is 2.17. The molecule has 0 amide bonds. The van der Waals surface area contributed by atoms with E-state index in [2.05, 4.69) is 0 Å². The van der Waals surface area contributed by atoms with Crippen LogP contribution < -0.4 is 0 Å². The van der Waals surface area contributed by atoms with Gasteiger partial charge in [0.15, 0.2) is 0 Å². The van der Waals surface area contributed by atoms with Gasteiger partial charge in [-0.25, -0.2) is 0 Å². The summed E-state index contributed by atoms with van der Waals surface area (Å²) in [5.74, 6) is -1.32. The zero-order chi connectivity index (χ0) is 33.5. The van der Waals surface area contributed by atoms with Gasteiger partial charge in [0, 0.05) is 0 Å². The molecule has 0 bridgehead atoms. The largest absolute Gasteiger partial charge is 0.463 e. The van der Waals surface area contributed by atoms with Crippen molar-refractivity contribution in [3.8, 4) is 0 Å². The van der Waals surface area contributed by atoms with Crippen LogP contribution in [0.15, 0.2) is 0 Å².